The summed E-state index contributed by atoms with van der Waals surface area (Å²) < 4.78 is 10.9. The topological polar surface area (TPSA) is 38.8 Å². The summed E-state index contributed by atoms with van der Waals surface area (Å²) in [6, 6.07) is 6.22. The highest BCUT2D eigenvalue weighted by Crippen LogP contribution is 2.40. The molecule has 2 heterocycles. The van der Waals surface area contributed by atoms with E-state index in [0.717, 1.165) is 43.2 Å². The van der Waals surface area contributed by atoms with Gasteiger partial charge in [-0.25, -0.2) is 0 Å². The zero-order valence-electron chi connectivity index (χ0n) is 13.9. The molecule has 2 atom stereocenters. The largest absolute Gasteiger partial charge is 0.454 e. The summed E-state index contributed by atoms with van der Waals surface area (Å²) in [5, 5.41) is 0.422. The summed E-state index contributed by atoms with van der Waals surface area (Å²) in [5.41, 5.74) is 1.27. The fourth-order valence-electron chi connectivity index (χ4n) is 2.97. The van der Waals surface area contributed by atoms with E-state index in [9.17, 15) is 4.79 Å². The highest BCUT2D eigenvalue weighted by molar-refractivity contribution is 7.99. The van der Waals surface area contributed by atoms with Crippen molar-refractivity contribution in [2.24, 2.45) is 5.92 Å². The van der Waals surface area contributed by atoms with Gasteiger partial charge in [0.2, 0.25) is 12.7 Å². The minimum atomic E-state index is 0.311. The van der Waals surface area contributed by atoms with E-state index in [2.05, 4.69) is 26.0 Å². The highest BCUT2D eigenvalue weighted by atomic mass is 32.2. The maximum atomic E-state index is 12.4. The number of fused-ring (bicyclic) bond motifs is 1. The van der Waals surface area contributed by atoms with Crippen LogP contribution in [0, 0.1) is 5.92 Å². The van der Waals surface area contributed by atoms with Gasteiger partial charge in [-0.1, -0.05) is 26.3 Å². The Bertz CT molecular complexity index is 563. The van der Waals surface area contributed by atoms with Crippen molar-refractivity contribution >= 4 is 17.7 Å². The Labute approximate surface area is 142 Å². The second-order valence-electron chi connectivity index (χ2n) is 6.36. The van der Waals surface area contributed by atoms with Crippen LogP contribution >= 0.6 is 11.8 Å². The van der Waals surface area contributed by atoms with Gasteiger partial charge in [-0.05, 0) is 30.0 Å². The summed E-state index contributed by atoms with van der Waals surface area (Å²) in [5.74, 6) is 3.45. The monoisotopic (exact) mass is 335 g/mol. The van der Waals surface area contributed by atoms with Crippen molar-refractivity contribution in [1.82, 2.24) is 4.90 Å². The molecule has 3 rings (SSSR count). The fourth-order valence-corrected chi connectivity index (χ4v) is 4.19. The molecule has 23 heavy (non-hydrogen) atoms. The molecule has 1 aromatic carbocycles. The van der Waals surface area contributed by atoms with Gasteiger partial charge in [-0.15, -0.1) is 0 Å². The summed E-state index contributed by atoms with van der Waals surface area (Å²) >= 11 is 1.94. The third kappa shape index (κ3) is 3.94. The normalized spacial score (nSPS) is 21.8. The van der Waals surface area contributed by atoms with Gasteiger partial charge in [0.1, 0.15) is 0 Å². The first-order valence-corrected chi connectivity index (χ1v) is 9.51. The zero-order chi connectivity index (χ0) is 16.2. The molecule has 0 aromatic heterocycles. The molecule has 0 saturated carbocycles. The summed E-state index contributed by atoms with van der Waals surface area (Å²) in [4.78, 5) is 14.4. The van der Waals surface area contributed by atoms with E-state index in [0.29, 0.717) is 30.3 Å². The molecule has 0 bridgehead atoms. The Morgan fingerprint density at radius 3 is 3.00 bits per heavy atom. The molecule has 0 spiro atoms. The number of nitrogens with zero attached hydrogens (tertiary/aromatic N) is 1. The molecule has 0 radical (unpaired) electrons. The summed E-state index contributed by atoms with van der Waals surface area (Å²) in [6.45, 7) is 6.32. The van der Waals surface area contributed by atoms with Crippen LogP contribution in [0.1, 0.15) is 43.9 Å². The first-order valence-electron chi connectivity index (χ1n) is 8.46. The van der Waals surface area contributed by atoms with Crippen molar-refractivity contribution in [2.45, 2.75) is 38.4 Å². The maximum Gasteiger partial charge on any atom is 0.231 e. The van der Waals surface area contributed by atoms with E-state index >= 15 is 0 Å². The molecule has 1 aromatic rings. The van der Waals surface area contributed by atoms with Gasteiger partial charge in [0.25, 0.3) is 0 Å². The lowest BCUT2D eigenvalue weighted by molar-refractivity contribution is -0.131. The van der Waals surface area contributed by atoms with Crippen molar-refractivity contribution in [3.05, 3.63) is 23.8 Å². The number of rotatable bonds is 4. The van der Waals surface area contributed by atoms with E-state index in [4.69, 9.17) is 9.47 Å². The average molecular weight is 335 g/mol. The van der Waals surface area contributed by atoms with Crippen molar-refractivity contribution in [3.63, 3.8) is 0 Å². The third-order valence-corrected chi connectivity index (χ3v) is 6.01. The van der Waals surface area contributed by atoms with E-state index in [1.54, 1.807) is 0 Å². The van der Waals surface area contributed by atoms with Crippen LogP contribution < -0.4 is 9.47 Å². The molecule has 0 aliphatic carbocycles. The molecule has 4 nitrogen and oxygen atoms in total. The third-order valence-electron chi connectivity index (χ3n) is 4.68. The number of hydrogen-bond acceptors (Lipinski definition) is 4. The predicted molar refractivity (Wildman–Crippen MR) is 93.0 cm³/mol. The number of hydrogen-bond donors (Lipinski definition) is 0. The van der Waals surface area contributed by atoms with Crippen molar-refractivity contribution < 1.29 is 14.3 Å². The molecule has 2 aliphatic rings. The second kappa shape index (κ2) is 7.47. The van der Waals surface area contributed by atoms with Gasteiger partial charge < -0.3 is 14.4 Å². The molecule has 1 fully saturated rings. The van der Waals surface area contributed by atoms with Crippen molar-refractivity contribution in [2.75, 3.05) is 25.6 Å². The Balaban J connectivity index is 1.61. The van der Waals surface area contributed by atoms with Crippen LogP contribution in [0.25, 0.3) is 0 Å². The number of carbonyl (C=O) groups is 1. The van der Waals surface area contributed by atoms with Crippen LogP contribution in [0.15, 0.2) is 18.2 Å². The Morgan fingerprint density at radius 1 is 1.35 bits per heavy atom. The van der Waals surface area contributed by atoms with Crippen molar-refractivity contribution in [3.8, 4) is 11.5 Å². The predicted octanol–water partition coefficient (Wildman–Crippen LogP) is 3.86. The van der Waals surface area contributed by atoms with Crippen LogP contribution in [-0.2, 0) is 4.79 Å². The van der Waals surface area contributed by atoms with E-state index in [1.807, 2.05) is 22.7 Å². The highest BCUT2D eigenvalue weighted by Gasteiger charge is 2.24. The Kier molecular flexibility index (Phi) is 5.36. The standard InChI is InChI=1S/C18H25NO3S/c1-3-13(2)10-18(20)19-7-6-17(23-9-8-19)14-4-5-15-16(11-14)22-12-21-15/h4-5,11,13,17H,3,6-10,12H2,1-2H3. The van der Waals surface area contributed by atoms with Crippen LogP contribution in [-0.4, -0.2) is 36.4 Å². The van der Waals surface area contributed by atoms with E-state index in [-0.39, 0.29) is 0 Å². The Morgan fingerprint density at radius 2 is 2.17 bits per heavy atom. The zero-order valence-corrected chi connectivity index (χ0v) is 14.7. The molecule has 2 aliphatic heterocycles. The molecule has 5 heteroatoms. The van der Waals surface area contributed by atoms with Gasteiger partial charge in [0.15, 0.2) is 11.5 Å². The van der Waals surface area contributed by atoms with Crippen LogP contribution in [0.5, 0.6) is 11.5 Å². The van der Waals surface area contributed by atoms with Crippen LogP contribution in [0.4, 0.5) is 0 Å². The minimum absolute atomic E-state index is 0.311. The van der Waals surface area contributed by atoms with Gasteiger partial charge in [0, 0.05) is 30.5 Å². The summed E-state index contributed by atoms with van der Waals surface area (Å²) in [7, 11) is 0. The van der Waals surface area contributed by atoms with Gasteiger partial charge in [-0.2, -0.15) is 11.8 Å². The lowest BCUT2D eigenvalue weighted by Gasteiger charge is -2.22. The van der Waals surface area contributed by atoms with Crippen LogP contribution in [0.2, 0.25) is 0 Å². The molecule has 1 amide bonds. The molecular weight excluding hydrogens is 310 g/mol. The molecule has 2 unspecified atom stereocenters. The number of amides is 1. The number of thioether (sulfide) groups is 1. The molecule has 1 saturated heterocycles. The van der Waals surface area contributed by atoms with Crippen LogP contribution in [0.3, 0.4) is 0 Å². The average Bonchev–Trinajstić information content (AvgIpc) is 2.88. The fraction of sp³-hybridized carbons (Fsp3) is 0.611. The number of carbonyl (C=O) groups excluding carboxylic acids is 1. The second-order valence-corrected chi connectivity index (χ2v) is 7.67. The SMILES string of the molecule is CCC(C)CC(=O)N1CCSC(c2ccc3c(c2)OCO3)CC1. The maximum absolute atomic E-state index is 12.4. The smallest absolute Gasteiger partial charge is 0.231 e. The minimum Gasteiger partial charge on any atom is -0.454 e. The first-order chi connectivity index (χ1) is 11.2. The van der Waals surface area contributed by atoms with Gasteiger partial charge >= 0.3 is 0 Å². The van der Waals surface area contributed by atoms with Gasteiger partial charge in [0.05, 0.1) is 0 Å². The number of benzene rings is 1. The van der Waals surface area contributed by atoms with Gasteiger partial charge in [-0.3, -0.25) is 4.79 Å². The lowest BCUT2D eigenvalue weighted by Crippen LogP contribution is -2.33. The lowest BCUT2D eigenvalue weighted by atomic mass is 10.0. The number of ether oxygens (including phenoxy) is 2. The molecular formula is C18H25NO3S. The quantitative estimate of drug-likeness (QED) is 0.837. The van der Waals surface area contributed by atoms with Crippen molar-refractivity contribution in [1.29, 1.82) is 0 Å². The van der Waals surface area contributed by atoms with E-state index < -0.39 is 0 Å². The molecule has 126 valence electrons. The first kappa shape index (κ1) is 16.5. The summed E-state index contributed by atoms with van der Waals surface area (Å²) in [6.07, 6.45) is 2.74. The molecule has 0 N–H and O–H groups in total. The Hall–Kier alpha value is -1.36. The van der Waals surface area contributed by atoms with E-state index in [1.165, 1.54) is 5.56 Å².